The van der Waals surface area contributed by atoms with E-state index in [1.807, 2.05) is 0 Å². The Labute approximate surface area is 182 Å². The fourth-order valence-electron chi connectivity index (χ4n) is 3.72. The predicted molar refractivity (Wildman–Crippen MR) is 126 cm³/mol. The molecular weight excluding hydrogens is 360 g/mol. The van der Waals surface area contributed by atoms with E-state index >= 15 is 0 Å². The first kappa shape index (κ1) is 28.4. The van der Waals surface area contributed by atoms with Crippen LogP contribution in [0.2, 0.25) is 0 Å². The number of hydrogen-bond donors (Lipinski definition) is 2. The van der Waals surface area contributed by atoms with Crippen LogP contribution in [0.1, 0.15) is 116 Å². The number of carbonyl (C=O) groups excluding carboxylic acids is 1. The summed E-state index contributed by atoms with van der Waals surface area (Å²) >= 11 is 0. The first-order chi connectivity index (χ1) is 14.0. The Morgan fingerprint density at radius 1 is 0.621 bits per heavy atom. The molecule has 0 radical (unpaired) electrons. The third-order valence-electron chi connectivity index (χ3n) is 5.64. The van der Waals surface area contributed by atoms with Crippen LogP contribution >= 0.6 is 0 Å². The van der Waals surface area contributed by atoms with Gasteiger partial charge >= 0.3 is 0 Å². The van der Waals surface area contributed by atoms with Crippen LogP contribution in [0.25, 0.3) is 0 Å². The molecule has 4 heteroatoms. The number of aliphatic hydroxyl groups excluding tert-OH is 1. The number of nitrogens with one attached hydrogen (secondary N) is 1. The Morgan fingerprint density at radius 2 is 1.03 bits per heavy atom. The van der Waals surface area contributed by atoms with Crippen molar-refractivity contribution in [3.8, 4) is 0 Å². The maximum absolute atomic E-state index is 11.8. The van der Waals surface area contributed by atoms with Crippen LogP contribution in [0.3, 0.4) is 0 Å². The molecule has 0 unspecified atom stereocenters. The molecule has 0 atom stereocenters. The average Bonchev–Trinajstić information content (AvgIpc) is 2.66. The predicted octanol–water partition coefficient (Wildman–Crippen LogP) is 5.82. The van der Waals surface area contributed by atoms with Crippen molar-refractivity contribution in [2.45, 2.75) is 116 Å². The van der Waals surface area contributed by atoms with Gasteiger partial charge in [-0.15, -0.1) is 0 Å². The van der Waals surface area contributed by atoms with E-state index in [2.05, 4.69) is 26.5 Å². The molecule has 0 spiro atoms. The third kappa shape index (κ3) is 25.4. The molecule has 0 aromatic rings. The molecule has 2 N–H and O–H groups in total. The fourth-order valence-corrected chi connectivity index (χ4v) is 3.72. The first-order valence-electron chi connectivity index (χ1n) is 12.6. The van der Waals surface area contributed by atoms with E-state index in [0.717, 1.165) is 30.3 Å². The molecule has 0 aromatic heterocycles. The second-order valence-electron chi connectivity index (χ2n) is 9.85. The molecule has 0 saturated carbocycles. The molecule has 0 aliphatic carbocycles. The summed E-state index contributed by atoms with van der Waals surface area (Å²) in [6.45, 7) is 2.36. The lowest BCUT2D eigenvalue weighted by atomic mass is 10.0. The van der Waals surface area contributed by atoms with Crippen LogP contribution < -0.4 is 5.32 Å². The van der Waals surface area contributed by atoms with Crippen LogP contribution in [0.5, 0.6) is 0 Å². The highest BCUT2D eigenvalue weighted by atomic mass is 16.2. The third-order valence-corrected chi connectivity index (χ3v) is 5.64. The van der Waals surface area contributed by atoms with Gasteiger partial charge in [0.1, 0.15) is 0 Å². The van der Waals surface area contributed by atoms with E-state index in [9.17, 15) is 4.79 Å². The molecule has 0 aliphatic heterocycles. The molecule has 174 valence electrons. The Kier molecular flexibility index (Phi) is 20.2. The van der Waals surface area contributed by atoms with Crippen LogP contribution in [-0.2, 0) is 4.79 Å². The average molecular weight is 414 g/mol. The van der Waals surface area contributed by atoms with Gasteiger partial charge in [-0.2, -0.15) is 0 Å². The molecule has 4 nitrogen and oxygen atoms in total. The number of carbonyl (C=O) groups is 1. The van der Waals surface area contributed by atoms with Crippen LogP contribution in [0.15, 0.2) is 0 Å². The molecule has 1 amide bonds. The minimum Gasteiger partial charge on any atom is -0.396 e. The van der Waals surface area contributed by atoms with Gasteiger partial charge in [0, 0.05) is 19.6 Å². The van der Waals surface area contributed by atoms with Crippen molar-refractivity contribution in [1.82, 2.24) is 5.32 Å². The summed E-state index contributed by atoms with van der Waals surface area (Å²) < 4.78 is 1.00. The summed E-state index contributed by atoms with van der Waals surface area (Å²) in [5.41, 5.74) is 0. The number of hydrogen-bond acceptors (Lipinski definition) is 2. The van der Waals surface area contributed by atoms with Crippen molar-refractivity contribution < 1.29 is 14.4 Å². The number of amides is 1. The lowest BCUT2D eigenvalue weighted by Crippen LogP contribution is -2.35. The summed E-state index contributed by atoms with van der Waals surface area (Å²) in [6, 6.07) is 0. The Morgan fingerprint density at radius 3 is 1.45 bits per heavy atom. The zero-order chi connectivity index (χ0) is 21.6. The van der Waals surface area contributed by atoms with Gasteiger partial charge in [0.15, 0.2) is 0 Å². The van der Waals surface area contributed by atoms with Gasteiger partial charge in [-0.25, -0.2) is 0 Å². The molecular formula is C25H53N2O2+. The second kappa shape index (κ2) is 20.7. The highest BCUT2D eigenvalue weighted by Gasteiger charge is 2.06. The van der Waals surface area contributed by atoms with Crippen LogP contribution in [0.4, 0.5) is 0 Å². The van der Waals surface area contributed by atoms with Crippen molar-refractivity contribution >= 4 is 5.91 Å². The lowest BCUT2D eigenvalue weighted by Gasteiger charge is -2.23. The standard InChI is InChI=1S/C25H52N2O2/c1-27(2,3)23-19-18-22-26-25(29)21-17-15-13-11-9-7-5-4-6-8-10-12-14-16-20-24-28/h28H,4-24H2,1-3H3/p+1. The fraction of sp³-hybridized carbons (Fsp3) is 0.960. The number of nitrogens with zero attached hydrogens (tertiary/aromatic N) is 1. The van der Waals surface area contributed by atoms with Crippen LogP contribution in [0, 0.1) is 0 Å². The van der Waals surface area contributed by atoms with Gasteiger partial charge in [0.25, 0.3) is 0 Å². The normalized spacial score (nSPS) is 11.7. The number of rotatable bonds is 22. The van der Waals surface area contributed by atoms with Crippen LogP contribution in [-0.4, -0.2) is 56.3 Å². The first-order valence-corrected chi connectivity index (χ1v) is 12.6. The molecule has 0 heterocycles. The molecule has 0 rings (SSSR count). The van der Waals surface area contributed by atoms with Crippen molar-refractivity contribution in [1.29, 1.82) is 0 Å². The summed E-state index contributed by atoms with van der Waals surface area (Å²) in [4.78, 5) is 11.8. The Balaban J connectivity index is 3.16. The highest BCUT2D eigenvalue weighted by molar-refractivity contribution is 5.75. The minimum atomic E-state index is 0.239. The van der Waals surface area contributed by atoms with Crippen molar-refractivity contribution in [3.05, 3.63) is 0 Å². The SMILES string of the molecule is C[N+](C)(C)CCCCNC(=O)CCCCCCCCCCCCCCCCCO. The van der Waals surface area contributed by atoms with E-state index in [-0.39, 0.29) is 5.91 Å². The molecule has 0 aliphatic rings. The molecule has 29 heavy (non-hydrogen) atoms. The van der Waals surface area contributed by atoms with E-state index in [1.54, 1.807) is 0 Å². The highest BCUT2D eigenvalue weighted by Crippen LogP contribution is 2.13. The Hall–Kier alpha value is -0.610. The largest absolute Gasteiger partial charge is 0.396 e. The number of quaternary nitrogens is 1. The van der Waals surface area contributed by atoms with Gasteiger partial charge in [-0.1, -0.05) is 83.5 Å². The molecule has 0 bridgehead atoms. The molecule has 0 saturated heterocycles. The zero-order valence-electron chi connectivity index (χ0n) is 20.2. The summed E-state index contributed by atoms with van der Waals surface area (Å²) in [6.07, 6.45) is 22.3. The van der Waals surface area contributed by atoms with Crippen molar-refractivity contribution in [3.63, 3.8) is 0 Å². The molecule has 0 aromatic carbocycles. The minimum absolute atomic E-state index is 0.239. The quantitative estimate of drug-likeness (QED) is 0.173. The van der Waals surface area contributed by atoms with Gasteiger partial charge < -0.3 is 14.9 Å². The Bertz CT molecular complexity index is 353. The van der Waals surface area contributed by atoms with Crippen molar-refractivity contribution in [2.24, 2.45) is 0 Å². The van der Waals surface area contributed by atoms with Gasteiger partial charge in [0.2, 0.25) is 5.91 Å². The second-order valence-corrected chi connectivity index (χ2v) is 9.85. The number of aliphatic hydroxyl groups is 1. The van der Waals surface area contributed by atoms with E-state index < -0.39 is 0 Å². The summed E-state index contributed by atoms with van der Waals surface area (Å²) in [5, 5.41) is 11.8. The monoisotopic (exact) mass is 413 g/mol. The smallest absolute Gasteiger partial charge is 0.219 e. The van der Waals surface area contributed by atoms with Gasteiger partial charge in [0.05, 0.1) is 27.7 Å². The topological polar surface area (TPSA) is 49.3 Å². The van der Waals surface area contributed by atoms with Gasteiger partial charge in [-0.3, -0.25) is 4.79 Å². The maximum Gasteiger partial charge on any atom is 0.219 e. The van der Waals surface area contributed by atoms with Crippen molar-refractivity contribution in [2.75, 3.05) is 40.8 Å². The van der Waals surface area contributed by atoms with Gasteiger partial charge in [-0.05, 0) is 25.7 Å². The lowest BCUT2D eigenvalue weighted by molar-refractivity contribution is -0.870. The maximum atomic E-state index is 11.8. The zero-order valence-corrected chi connectivity index (χ0v) is 20.2. The van der Waals surface area contributed by atoms with E-state index in [4.69, 9.17) is 5.11 Å². The molecule has 0 fully saturated rings. The van der Waals surface area contributed by atoms with E-state index in [1.165, 1.54) is 96.4 Å². The number of unbranched alkanes of at least 4 members (excludes halogenated alkanes) is 15. The summed E-state index contributed by atoms with van der Waals surface area (Å²) in [7, 11) is 6.64. The summed E-state index contributed by atoms with van der Waals surface area (Å²) in [5.74, 6) is 0.239. The van der Waals surface area contributed by atoms with E-state index in [0.29, 0.717) is 13.0 Å².